The van der Waals surface area contributed by atoms with Crippen LogP contribution >= 0.6 is 0 Å². The second-order valence-electron chi connectivity index (χ2n) is 4.82. The second kappa shape index (κ2) is 7.14. The van der Waals surface area contributed by atoms with Gasteiger partial charge in [-0.2, -0.15) is 0 Å². The first-order valence-corrected chi connectivity index (χ1v) is 6.82. The van der Waals surface area contributed by atoms with Crippen LogP contribution in [-0.4, -0.2) is 32.8 Å². The molecule has 2 rings (SSSR count). The van der Waals surface area contributed by atoms with Crippen LogP contribution in [0.1, 0.15) is 29.6 Å². The van der Waals surface area contributed by atoms with Crippen molar-refractivity contribution in [2.45, 2.75) is 19.3 Å². The van der Waals surface area contributed by atoms with Crippen LogP contribution in [-0.2, 0) is 4.74 Å². The highest BCUT2D eigenvalue weighted by Gasteiger charge is 2.15. The van der Waals surface area contributed by atoms with E-state index in [1.54, 1.807) is 6.07 Å². The predicted molar refractivity (Wildman–Crippen MR) is 73.5 cm³/mol. The summed E-state index contributed by atoms with van der Waals surface area (Å²) in [6.07, 6.45) is 3.46. The highest BCUT2D eigenvalue weighted by molar-refractivity contribution is 5.92. The fraction of sp³-hybridized carbons (Fsp3) is 0.533. The molecule has 0 spiro atoms. The van der Waals surface area contributed by atoms with Gasteiger partial charge in [-0.15, -0.1) is 0 Å². The lowest BCUT2D eigenvalue weighted by atomic mass is 9.95. The maximum atomic E-state index is 11.6. The zero-order chi connectivity index (χ0) is 13.5. The van der Waals surface area contributed by atoms with Crippen molar-refractivity contribution in [2.24, 2.45) is 5.92 Å². The Morgan fingerprint density at radius 2 is 2.05 bits per heavy atom. The molecular weight excluding hydrogens is 242 g/mol. The van der Waals surface area contributed by atoms with Crippen LogP contribution in [0.2, 0.25) is 0 Å². The maximum Gasteiger partial charge on any atom is 0.341 e. The van der Waals surface area contributed by atoms with Crippen LogP contribution in [0.15, 0.2) is 24.3 Å². The minimum atomic E-state index is -0.350. The molecule has 1 aliphatic heterocycles. The van der Waals surface area contributed by atoms with E-state index in [2.05, 4.69) is 5.32 Å². The van der Waals surface area contributed by atoms with Crippen LogP contribution in [0.4, 0.5) is 0 Å². The molecule has 0 radical (unpaired) electrons. The van der Waals surface area contributed by atoms with Crippen molar-refractivity contribution in [3.05, 3.63) is 29.8 Å². The van der Waals surface area contributed by atoms with Gasteiger partial charge in [0.1, 0.15) is 11.3 Å². The fourth-order valence-corrected chi connectivity index (χ4v) is 2.38. The van der Waals surface area contributed by atoms with Crippen molar-refractivity contribution in [3.8, 4) is 5.75 Å². The van der Waals surface area contributed by atoms with Gasteiger partial charge >= 0.3 is 5.97 Å². The molecular formula is C15H21NO3. The maximum absolute atomic E-state index is 11.6. The van der Waals surface area contributed by atoms with Crippen LogP contribution in [0.3, 0.4) is 0 Å². The minimum absolute atomic E-state index is 0.350. The van der Waals surface area contributed by atoms with Gasteiger partial charge in [0.05, 0.1) is 13.7 Å². The van der Waals surface area contributed by atoms with E-state index in [0.717, 1.165) is 25.4 Å². The normalized spacial score (nSPS) is 16.1. The molecule has 1 aromatic rings. The molecule has 0 aromatic heterocycles. The molecule has 19 heavy (non-hydrogen) atoms. The first-order valence-electron chi connectivity index (χ1n) is 6.82. The lowest BCUT2D eigenvalue weighted by molar-refractivity contribution is 0.0595. The van der Waals surface area contributed by atoms with E-state index in [4.69, 9.17) is 9.47 Å². The average Bonchev–Trinajstić information content (AvgIpc) is 2.48. The molecule has 1 aromatic carbocycles. The summed E-state index contributed by atoms with van der Waals surface area (Å²) in [5.41, 5.74) is 0.496. The van der Waals surface area contributed by atoms with Crippen LogP contribution < -0.4 is 10.1 Å². The minimum Gasteiger partial charge on any atom is -0.493 e. The molecule has 1 aliphatic rings. The molecule has 0 bridgehead atoms. The lowest BCUT2D eigenvalue weighted by Gasteiger charge is -2.22. The molecule has 1 N–H and O–H groups in total. The number of esters is 1. The fourth-order valence-electron chi connectivity index (χ4n) is 2.38. The van der Waals surface area contributed by atoms with Crippen molar-refractivity contribution < 1.29 is 14.3 Å². The van der Waals surface area contributed by atoms with E-state index < -0.39 is 0 Å². The monoisotopic (exact) mass is 263 g/mol. The number of nitrogens with one attached hydrogen (secondary N) is 1. The summed E-state index contributed by atoms with van der Waals surface area (Å²) in [4.78, 5) is 11.6. The number of piperidine rings is 1. The summed E-state index contributed by atoms with van der Waals surface area (Å²) in [5.74, 6) is 0.993. The molecule has 0 aliphatic carbocycles. The lowest BCUT2D eigenvalue weighted by Crippen LogP contribution is -2.28. The van der Waals surface area contributed by atoms with E-state index >= 15 is 0 Å². The number of carbonyl (C=O) groups is 1. The van der Waals surface area contributed by atoms with Gasteiger partial charge in [0.15, 0.2) is 0 Å². The number of methoxy groups -OCH3 is 1. The summed E-state index contributed by atoms with van der Waals surface area (Å²) in [5, 5.41) is 3.35. The molecule has 0 unspecified atom stereocenters. The molecule has 0 saturated carbocycles. The van der Waals surface area contributed by atoms with E-state index in [1.165, 1.54) is 20.0 Å². The standard InChI is InChI=1S/C15H21NO3/c1-18-15(17)13-4-2-3-5-14(13)19-11-8-12-6-9-16-10-7-12/h2-5,12,16H,6-11H2,1H3. The van der Waals surface area contributed by atoms with Crippen LogP contribution in [0.5, 0.6) is 5.75 Å². The van der Waals surface area contributed by atoms with Gasteiger partial charge in [-0.25, -0.2) is 4.79 Å². The van der Waals surface area contributed by atoms with E-state index in [9.17, 15) is 4.79 Å². The molecule has 1 heterocycles. The Hall–Kier alpha value is -1.55. The Labute approximate surface area is 114 Å². The number of benzene rings is 1. The van der Waals surface area contributed by atoms with Gasteiger partial charge in [-0.05, 0) is 50.4 Å². The first-order chi connectivity index (χ1) is 9.31. The molecule has 4 nitrogen and oxygen atoms in total. The topological polar surface area (TPSA) is 47.6 Å². The first kappa shape index (κ1) is 13.9. The van der Waals surface area contributed by atoms with Gasteiger partial charge in [0.2, 0.25) is 0 Å². The SMILES string of the molecule is COC(=O)c1ccccc1OCCC1CCNCC1. The summed E-state index contributed by atoms with van der Waals surface area (Å²) >= 11 is 0. The predicted octanol–water partition coefficient (Wildman–Crippen LogP) is 2.24. The van der Waals surface area contributed by atoms with Gasteiger partial charge in [0, 0.05) is 0 Å². The van der Waals surface area contributed by atoms with Crippen LogP contribution in [0, 0.1) is 5.92 Å². The molecule has 1 saturated heterocycles. The third-order valence-corrected chi connectivity index (χ3v) is 3.53. The van der Waals surface area contributed by atoms with Crippen molar-refractivity contribution in [2.75, 3.05) is 26.8 Å². The zero-order valence-corrected chi connectivity index (χ0v) is 11.4. The molecule has 0 amide bonds. The molecule has 4 heteroatoms. The third kappa shape index (κ3) is 3.96. The Morgan fingerprint density at radius 1 is 1.32 bits per heavy atom. The Morgan fingerprint density at radius 3 is 2.79 bits per heavy atom. The number of rotatable bonds is 5. The molecule has 0 atom stereocenters. The Bertz CT molecular complexity index is 414. The van der Waals surface area contributed by atoms with Crippen molar-refractivity contribution in [1.82, 2.24) is 5.32 Å². The van der Waals surface area contributed by atoms with Crippen molar-refractivity contribution in [3.63, 3.8) is 0 Å². The number of para-hydroxylation sites is 1. The highest BCUT2D eigenvalue weighted by Crippen LogP contribution is 2.21. The smallest absolute Gasteiger partial charge is 0.341 e. The van der Waals surface area contributed by atoms with Crippen molar-refractivity contribution in [1.29, 1.82) is 0 Å². The van der Waals surface area contributed by atoms with Crippen molar-refractivity contribution >= 4 is 5.97 Å². The third-order valence-electron chi connectivity index (χ3n) is 3.53. The summed E-state index contributed by atoms with van der Waals surface area (Å²) in [6, 6.07) is 7.22. The quantitative estimate of drug-likeness (QED) is 0.828. The second-order valence-corrected chi connectivity index (χ2v) is 4.82. The molecule has 1 fully saturated rings. The van der Waals surface area contributed by atoms with Gasteiger partial charge in [-0.3, -0.25) is 0 Å². The Balaban J connectivity index is 1.86. The average molecular weight is 263 g/mol. The van der Waals surface area contributed by atoms with E-state index in [-0.39, 0.29) is 5.97 Å². The zero-order valence-electron chi connectivity index (χ0n) is 11.4. The highest BCUT2D eigenvalue weighted by atomic mass is 16.5. The summed E-state index contributed by atoms with van der Waals surface area (Å²) < 4.78 is 10.5. The number of hydrogen-bond acceptors (Lipinski definition) is 4. The number of ether oxygens (including phenoxy) is 2. The van der Waals surface area contributed by atoms with Gasteiger partial charge in [0.25, 0.3) is 0 Å². The summed E-state index contributed by atoms with van der Waals surface area (Å²) in [7, 11) is 1.38. The van der Waals surface area contributed by atoms with Gasteiger partial charge < -0.3 is 14.8 Å². The Kier molecular flexibility index (Phi) is 5.21. The van der Waals surface area contributed by atoms with E-state index in [0.29, 0.717) is 17.9 Å². The van der Waals surface area contributed by atoms with E-state index in [1.807, 2.05) is 18.2 Å². The summed E-state index contributed by atoms with van der Waals surface area (Å²) in [6.45, 7) is 2.85. The number of carbonyl (C=O) groups excluding carboxylic acids is 1. The largest absolute Gasteiger partial charge is 0.493 e. The van der Waals surface area contributed by atoms with Gasteiger partial charge in [-0.1, -0.05) is 12.1 Å². The number of hydrogen-bond donors (Lipinski definition) is 1. The molecule has 104 valence electrons. The van der Waals surface area contributed by atoms with Crippen LogP contribution in [0.25, 0.3) is 0 Å².